The van der Waals surface area contributed by atoms with Crippen molar-refractivity contribution < 1.29 is 27.4 Å². The summed E-state index contributed by atoms with van der Waals surface area (Å²) in [6.07, 6.45) is -1.54. The van der Waals surface area contributed by atoms with Crippen LogP contribution in [0.5, 0.6) is 5.75 Å². The van der Waals surface area contributed by atoms with E-state index in [0.717, 1.165) is 0 Å². The first-order valence-electron chi connectivity index (χ1n) is 6.34. The van der Waals surface area contributed by atoms with E-state index in [0.29, 0.717) is 4.47 Å². The van der Waals surface area contributed by atoms with E-state index in [1.807, 2.05) is 0 Å². The molecule has 0 bridgehead atoms. The van der Waals surface area contributed by atoms with Crippen LogP contribution < -0.4 is 4.74 Å². The molecule has 1 aromatic rings. The number of halogens is 4. The van der Waals surface area contributed by atoms with Crippen LogP contribution in [0.15, 0.2) is 22.7 Å². The van der Waals surface area contributed by atoms with Crippen LogP contribution in [-0.2, 0) is 15.5 Å². The van der Waals surface area contributed by atoms with Gasteiger partial charge in [0, 0.05) is 17.8 Å². The van der Waals surface area contributed by atoms with Gasteiger partial charge in [-0.25, -0.2) is 13.2 Å². The number of hydrogen-bond acceptors (Lipinski definition) is 3. The fraction of sp³-hybridized carbons (Fsp3) is 0.500. The molecule has 0 fully saturated rings. The third-order valence-electron chi connectivity index (χ3n) is 2.72. The van der Waals surface area contributed by atoms with Crippen molar-refractivity contribution >= 4 is 21.9 Å². The molecule has 0 aliphatic heterocycles. The lowest BCUT2D eigenvalue weighted by Gasteiger charge is -2.22. The van der Waals surface area contributed by atoms with E-state index in [9.17, 15) is 18.0 Å². The van der Waals surface area contributed by atoms with E-state index in [1.54, 1.807) is 0 Å². The summed E-state index contributed by atoms with van der Waals surface area (Å²) in [7, 11) is 0. The Morgan fingerprint density at radius 3 is 2.62 bits per heavy atom. The average molecular weight is 369 g/mol. The molecule has 7 heteroatoms. The number of esters is 1. The molecular weight excluding hydrogens is 353 g/mol. The minimum atomic E-state index is -3.10. The van der Waals surface area contributed by atoms with E-state index < -0.39 is 31.1 Å². The normalized spacial score (nSPS) is 12.9. The Morgan fingerprint density at radius 1 is 1.43 bits per heavy atom. The highest BCUT2D eigenvalue weighted by Gasteiger charge is 2.33. The molecule has 3 nitrogen and oxygen atoms in total. The van der Waals surface area contributed by atoms with Crippen LogP contribution in [0.4, 0.5) is 13.2 Å². The minimum absolute atomic E-state index is 0.125. The van der Waals surface area contributed by atoms with Crippen molar-refractivity contribution in [3.63, 3.8) is 0 Å². The van der Waals surface area contributed by atoms with E-state index in [-0.39, 0.29) is 17.9 Å². The molecule has 1 unspecified atom stereocenters. The Morgan fingerprint density at radius 2 is 2.10 bits per heavy atom. The van der Waals surface area contributed by atoms with Gasteiger partial charge in [-0.05, 0) is 18.2 Å². The van der Waals surface area contributed by atoms with Crippen LogP contribution in [0, 0.1) is 0 Å². The van der Waals surface area contributed by atoms with Gasteiger partial charge in [0.2, 0.25) is 0 Å². The topological polar surface area (TPSA) is 35.5 Å². The average Bonchev–Trinajstić information content (AvgIpc) is 2.44. The minimum Gasteiger partial charge on any atom is -0.484 e. The zero-order valence-electron chi connectivity index (χ0n) is 11.7. The number of carbonyl (C=O) groups is 1. The summed E-state index contributed by atoms with van der Waals surface area (Å²) in [6, 6.07) is 4.09. The standard InChI is InChI=1S/C14H16BrF3O3/c1-3-14(17,18)12-6-10(15)4-5-13(12)21-11(7-16)8-20-9(2)19/h4-6,11H,3,7-8H2,1-2H3. The zero-order chi connectivity index (χ0) is 16.0. The summed E-state index contributed by atoms with van der Waals surface area (Å²) in [5.74, 6) is -3.81. The highest BCUT2D eigenvalue weighted by atomic mass is 79.9. The lowest BCUT2D eigenvalue weighted by atomic mass is 10.1. The Bertz CT molecular complexity index is 494. The Hall–Kier alpha value is -1.24. The Labute approximate surface area is 129 Å². The predicted molar refractivity (Wildman–Crippen MR) is 75.4 cm³/mol. The van der Waals surface area contributed by atoms with Crippen LogP contribution in [0.25, 0.3) is 0 Å². The quantitative estimate of drug-likeness (QED) is 0.675. The summed E-state index contributed by atoms with van der Waals surface area (Å²) in [4.78, 5) is 10.7. The molecule has 21 heavy (non-hydrogen) atoms. The molecule has 0 aliphatic carbocycles. The third kappa shape index (κ3) is 5.22. The van der Waals surface area contributed by atoms with E-state index in [4.69, 9.17) is 4.74 Å². The first-order valence-corrected chi connectivity index (χ1v) is 7.13. The van der Waals surface area contributed by atoms with Gasteiger partial charge in [-0.1, -0.05) is 22.9 Å². The zero-order valence-corrected chi connectivity index (χ0v) is 13.3. The van der Waals surface area contributed by atoms with E-state index in [2.05, 4.69) is 20.7 Å². The van der Waals surface area contributed by atoms with Crippen LogP contribution >= 0.6 is 15.9 Å². The van der Waals surface area contributed by atoms with Gasteiger partial charge in [-0.2, -0.15) is 0 Å². The van der Waals surface area contributed by atoms with Crippen LogP contribution in [0.1, 0.15) is 25.8 Å². The van der Waals surface area contributed by atoms with E-state index >= 15 is 0 Å². The molecular formula is C14H16BrF3O3. The van der Waals surface area contributed by atoms with Gasteiger partial charge >= 0.3 is 5.97 Å². The van der Waals surface area contributed by atoms with Crippen molar-refractivity contribution in [3.05, 3.63) is 28.2 Å². The molecule has 0 aromatic heterocycles. The smallest absolute Gasteiger partial charge is 0.302 e. The van der Waals surface area contributed by atoms with Gasteiger partial charge in [0.15, 0.2) is 6.10 Å². The van der Waals surface area contributed by atoms with Crippen molar-refractivity contribution in [1.82, 2.24) is 0 Å². The van der Waals surface area contributed by atoms with Gasteiger partial charge < -0.3 is 9.47 Å². The van der Waals surface area contributed by atoms with Crippen molar-refractivity contribution in [2.24, 2.45) is 0 Å². The third-order valence-corrected chi connectivity index (χ3v) is 3.21. The first kappa shape index (κ1) is 17.8. The van der Waals surface area contributed by atoms with Gasteiger partial charge in [-0.15, -0.1) is 0 Å². The molecule has 1 aromatic carbocycles. The van der Waals surface area contributed by atoms with Crippen LogP contribution in [0.2, 0.25) is 0 Å². The van der Waals surface area contributed by atoms with E-state index in [1.165, 1.54) is 32.0 Å². The SMILES string of the molecule is CCC(F)(F)c1cc(Br)ccc1OC(CF)COC(C)=O. The Balaban J connectivity index is 2.98. The number of hydrogen-bond donors (Lipinski definition) is 0. The fourth-order valence-electron chi connectivity index (χ4n) is 1.58. The molecule has 0 heterocycles. The van der Waals surface area contributed by atoms with Gasteiger partial charge in [-0.3, -0.25) is 4.79 Å². The summed E-state index contributed by atoms with van der Waals surface area (Å²) in [6.45, 7) is 1.22. The lowest BCUT2D eigenvalue weighted by molar-refractivity contribution is -0.143. The molecule has 1 rings (SSSR count). The second-order valence-corrected chi connectivity index (χ2v) is 5.31. The highest BCUT2D eigenvalue weighted by molar-refractivity contribution is 9.10. The summed E-state index contributed by atoms with van der Waals surface area (Å²) in [5, 5.41) is 0. The molecule has 0 aliphatic rings. The van der Waals surface area contributed by atoms with Gasteiger partial charge in [0.05, 0.1) is 5.56 Å². The van der Waals surface area contributed by atoms with Gasteiger partial charge in [0.25, 0.3) is 5.92 Å². The fourth-order valence-corrected chi connectivity index (χ4v) is 1.94. The first-order chi connectivity index (χ1) is 9.80. The number of ether oxygens (including phenoxy) is 2. The number of alkyl halides is 3. The number of benzene rings is 1. The molecule has 0 N–H and O–H groups in total. The number of rotatable bonds is 7. The maximum atomic E-state index is 13.9. The molecule has 0 saturated carbocycles. The molecule has 0 radical (unpaired) electrons. The molecule has 0 saturated heterocycles. The van der Waals surface area contributed by atoms with Crippen LogP contribution in [-0.4, -0.2) is 25.4 Å². The number of carbonyl (C=O) groups excluding carboxylic acids is 1. The van der Waals surface area contributed by atoms with Crippen LogP contribution in [0.3, 0.4) is 0 Å². The van der Waals surface area contributed by atoms with Crippen molar-refractivity contribution in [2.75, 3.05) is 13.3 Å². The largest absolute Gasteiger partial charge is 0.484 e. The molecule has 1 atom stereocenters. The predicted octanol–water partition coefficient (Wildman–Crippen LogP) is 4.23. The molecule has 118 valence electrons. The van der Waals surface area contributed by atoms with Crippen molar-refractivity contribution in [2.45, 2.75) is 32.3 Å². The van der Waals surface area contributed by atoms with Crippen molar-refractivity contribution in [1.29, 1.82) is 0 Å². The molecule has 0 spiro atoms. The maximum absolute atomic E-state index is 13.9. The summed E-state index contributed by atoms with van der Waals surface area (Å²) in [5.41, 5.74) is -0.333. The lowest BCUT2D eigenvalue weighted by Crippen LogP contribution is -2.27. The second kappa shape index (κ2) is 7.68. The highest BCUT2D eigenvalue weighted by Crippen LogP contribution is 2.39. The molecule has 0 amide bonds. The summed E-state index contributed by atoms with van der Waals surface area (Å²) >= 11 is 3.12. The second-order valence-electron chi connectivity index (χ2n) is 4.40. The van der Waals surface area contributed by atoms with Gasteiger partial charge in [0.1, 0.15) is 19.0 Å². The Kier molecular flexibility index (Phi) is 6.51. The maximum Gasteiger partial charge on any atom is 0.302 e. The monoisotopic (exact) mass is 368 g/mol. The van der Waals surface area contributed by atoms with Crippen molar-refractivity contribution in [3.8, 4) is 5.75 Å². The summed E-state index contributed by atoms with van der Waals surface area (Å²) < 4.78 is 51.0.